The standard InChI is InChI=1S/C11H14N4/c1-8-10(4-5-12)15-11(14-8)9-3-2-6-13-7-9/h2-3,6-7H,4-5,12H2,1H3,(H,14,15). The lowest BCUT2D eigenvalue weighted by Crippen LogP contribution is -2.03. The van der Waals surface area contributed by atoms with Crippen molar-refractivity contribution >= 4 is 0 Å². The van der Waals surface area contributed by atoms with Crippen molar-refractivity contribution < 1.29 is 0 Å². The first kappa shape index (κ1) is 9.86. The molecule has 0 aliphatic rings. The summed E-state index contributed by atoms with van der Waals surface area (Å²) in [5.74, 6) is 0.865. The Morgan fingerprint density at radius 1 is 1.47 bits per heavy atom. The summed E-state index contributed by atoms with van der Waals surface area (Å²) >= 11 is 0. The van der Waals surface area contributed by atoms with Gasteiger partial charge in [-0.05, 0) is 25.6 Å². The number of nitrogens with zero attached hydrogens (tertiary/aromatic N) is 2. The van der Waals surface area contributed by atoms with Crippen molar-refractivity contribution in [1.82, 2.24) is 15.0 Å². The van der Waals surface area contributed by atoms with E-state index in [4.69, 9.17) is 5.73 Å². The van der Waals surface area contributed by atoms with E-state index in [1.54, 1.807) is 12.4 Å². The summed E-state index contributed by atoms with van der Waals surface area (Å²) in [7, 11) is 0. The largest absolute Gasteiger partial charge is 0.342 e. The van der Waals surface area contributed by atoms with E-state index >= 15 is 0 Å². The van der Waals surface area contributed by atoms with Crippen LogP contribution in [0.3, 0.4) is 0 Å². The molecule has 2 aromatic rings. The summed E-state index contributed by atoms with van der Waals surface area (Å²) in [5, 5.41) is 0. The molecule has 0 radical (unpaired) electrons. The number of aryl methyl sites for hydroxylation is 1. The number of hydrogen-bond acceptors (Lipinski definition) is 3. The zero-order chi connectivity index (χ0) is 10.7. The van der Waals surface area contributed by atoms with Crippen LogP contribution in [0.15, 0.2) is 24.5 Å². The monoisotopic (exact) mass is 202 g/mol. The third-order valence-electron chi connectivity index (χ3n) is 2.30. The molecule has 0 aromatic carbocycles. The molecule has 0 saturated heterocycles. The summed E-state index contributed by atoms with van der Waals surface area (Å²) in [6.07, 6.45) is 4.35. The molecule has 3 N–H and O–H groups in total. The Morgan fingerprint density at radius 3 is 3.00 bits per heavy atom. The Morgan fingerprint density at radius 2 is 2.33 bits per heavy atom. The second kappa shape index (κ2) is 4.23. The van der Waals surface area contributed by atoms with Gasteiger partial charge in [0.15, 0.2) is 0 Å². The number of rotatable bonds is 3. The molecular formula is C11H14N4. The average Bonchev–Trinajstić information content (AvgIpc) is 2.63. The summed E-state index contributed by atoms with van der Waals surface area (Å²) in [6.45, 7) is 2.63. The summed E-state index contributed by atoms with van der Waals surface area (Å²) in [6, 6.07) is 3.88. The third kappa shape index (κ3) is 2.05. The minimum absolute atomic E-state index is 0.623. The highest BCUT2D eigenvalue weighted by Gasteiger charge is 2.07. The van der Waals surface area contributed by atoms with Gasteiger partial charge in [-0.3, -0.25) is 4.98 Å². The first-order chi connectivity index (χ1) is 7.31. The van der Waals surface area contributed by atoms with E-state index in [9.17, 15) is 0 Å². The predicted molar refractivity (Wildman–Crippen MR) is 59.3 cm³/mol. The van der Waals surface area contributed by atoms with Gasteiger partial charge in [-0.1, -0.05) is 0 Å². The fourth-order valence-electron chi connectivity index (χ4n) is 1.52. The van der Waals surface area contributed by atoms with E-state index < -0.39 is 0 Å². The molecule has 0 saturated carbocycles. The fourth-order valence-corrected chi connectivity index (χ4v) is 1.52. The molecule has 4 nitrogen and oxygen atoms in total. The van der Waals surface area contributed by atoms with Gasteiger partial charge < -0.3 is 10.7 Å². The van der Waals surface area contributed by atoms with Crippen molar-refractivity contribution in [2.24, 2.45) is 5.73 Å². The Bertz CT molecular complexity index is 433. The van der Waals surface area contributed by atoms with Gasteiger partial charge in [0.25, 0.3) is 0 Å². The van der Waals surface area contributed by atoms with Crippen molar-refractivity contribution in [3.8, 4) is 11.4 Å². The molecule has 2 heterocycles. The van der Waals surface area contributed by atoms with Gasteiger partial charge in [-0.15, -0.1) is 0 Å². The van der Waals surface area contributed by atoms with Gasteiger partial charge in [0.05, 0.1) is 5.69 Å². The second-order valence-corrected chi connectivity index (χ2v) is 3.44. The molecule has 0 amide bonds. The summed E-state index contributed by atoms with van der Waals surface area (Å²) < 4.78 is 0. The number of imidazole rings is 1. The van der Waals surface area contributed by atoms with Gasteiger partial charge >= 0.3 is 0 Å². The quantitative estimate of drug-likeness (QED) is 0.787. The van der Waals surface area contributed by atoms with E-state index in [-0.39, 0.29) is 0 Å². The molecule has 0 atom stereocenters. The second-order valence-electron chi connectivity index (χ2n) is 3.44. The fraction of sp³-hybridized carbons (Fsp3) is 0.273. The SMILES string of the molecule is Cc1[nH]c(-c2cccnc2)nc1CCN. The van der Waals surface area contributed by atoms with Crippen molar-refractivity contribution in [1.29, 1.82) is 0 Å². The molecule has 78 valence electrons. The van der Waals surface area contributed by atoms with Crippen molar-refractivity contribution in [3.05, 3.63) is 35.9 Å². The molecule has 0 fully saturated rings. The van der Waals surface area contributed by atoms with Gasteiger partial charge in [0.1, 0.15) is 5.82 Å². The zero-order valence-corrected chi connectivity index (χ0v) is 8.70. The predicted octanol–water partition coefficient (Wildman–Crippen LogP) is 1.28. The highest BCUT2D eigenvalue weighted by molar-refractivity contribution is 5.54. The number of aromatic amines is 1. The lowest BCUT2D eigenvalue weighted by molar-refractivity contribution is 0.924. The number of aromatic nitrogens is 3. The molecule has 0 spiro atoms. The Kier molecular flexibility index (Phi) is 2.78. The molecule has 15 heavy (non-hydrogen) atoms. The molecule has 0 aliphatic carbocycles. The Balaban J connectivity index is 2.34. The van der Waals surface area contributed by atoms with Gasteiger partial charge in [0.2, 0.25) is 0 Å². The van der Waals surface area contributed by atoms with E-state index in [1.807, 2.05) is 19.1 Å². The third-order valence-corrected chi connectivity index (χ3v) is 2.30. The van der Waals surface area contributed by atoms with Crippen LogP contribution in [0.4, 0.5) is 0 Å². The summed E-state index contributed by atoms with van der Waals surface area (Å²) in [4.78, 5) is 11.8. The number of pyridine rings is 1. The van der Waals surface area contributed by atoms with Gasteiger partial charge in [-0.25, -0.2) is 4.98 Å². The first-order valence-electron chi connectivity index (χ1n) is 4.97. The maximum Gasteiger partial charge on any atom is 0.139 e. The van der Waals surface area contributed by atoms with E-state index in [1.165, 1.54) is 0 Å². The van der Waals surface area contributed by atoms with Crippen LogP contribution in [0.5, 0.6) is 0 Å². The van der Waals surface area contributed by atoms with E-state index in [0.717, 1.165) is 29.2 Å². The minimum atomic E-state index is 0.623. The first-order valence-corrected chi connectivity index (χ1v) is 4.97. The van der Waals surface area contributed by atoms with Crippen molar-refractivity contribution in [3.63, 3.8) is 0 Å². The van der Waals surface area contributed by atoms with Crippen LogP contribution < -0.4 is 5.73 Å². The lowest BCUT2D eigenvalue weighted by Gasteiger charge is -1.93. The van der Waals surface area contributed by atoms with Crippen LogP contribution in [0.25, 0.3) is 11.4 Å². The highest BCUT2D eigenvalue weighted by Crippen LogP contribution is 2.16. The molecule has 0 aliphatic heterocycles. The van der Waals surface area contributed by atoms with Gasteiger partial charge in [0, 0.05) is 30.1 Å². The molecular weight excluding hydrogens is 188 g/mol. The highest BCUT2D eigenvalue weighted by atomic mass is 14.9. The smallest absolute Gasteiger partial charge is 0.139 e. The topological polar surface area (TPSA) is 67.6 Å². The summed E-state index contributed by atoms with van der Waals surface area (Å²) in [5.41, 5.74) is 8.64. The molecule has 4 heteroatoms. The molecule has 0 unspecified atom stereocenters. The Labute approximate surface area is 88.6 Å². The number of H-pyrrole nitrogens is 1. The lowest BCUT2D eigenvalue weighted by atomic mass is 10.2. The van der Waals surface area contributed by atoms with Crippen LogP contribution in [0.2, 0.25) is 0 Å². The van der Waals surface area contributed by atoms with E-state index in [2.05, 4.69) is 15.0 Å². The van der Waals surface area contributed by atoms with Crippen LogP contribution in [-0.4, -0.2) is 21.5 Å². The normalized spacial score (nSPS) is 10.5. The number of nitrogens with two attached hydrogens (primary N) is 1. The van der Waals surface area contributed by atoms with Crippen LogP contribution in [0, 0.1) is 6.92 Å². The van der Waals surface area contributed by atoms with Crippen molar-refractivity contribution in [2.75, 3.05) is 6.54 Å². The Hall–Kier alpha value is -1.68. The molecule has 0 bridgehead atoms. The number of nitrogens with one attached hydrogen (secondary N) is 1. The molecule has 2 rings (SSSR count). The zero-order valence-electron chi connectivity index (χ0n) is 8.70. The van der Waals surface area contributed by atoms with Gasteiger partial charge in [-0.2, -0.15) is 0 Å². The van der Waals surface area contributed by atoms with Crippen LogP contribution >= 0.6 is 0 Å². The average molecular weight is 202 g/mol. The van der Waals surface area contributed by atoms with Crippen LogP contribution in [0.1, 0.15) is 11.4 Å². The van der Waals surface area contributed by atoms with Crippen molar-refractivity contribution in [2.45, 2.75) is 13.3 Å². The maximum atomic E-state index is 5.51. The van der Waals surface area contributed by atoms with E-state index in [0.29, 0.717) is 6.54 Å². The number of hydrogen-bond donors (Lipinski definition) is 2. The minimum Gasteiger partial charge on any atom is -0.342 e. The van der Waals surface area contributed by atoms with Crippen LogP contribution in [-0.2, 0) is 6.42 Å². The maximum absolute atomic E-state index is 5.51. The molecule has 2 aromatic heterocycles.